The van der Waals surface area contributed by atoms with Crippen LogP contribution >= 0.6 is 8.03 Å². The minimum Gasteiger partial charge on any atom is -0.384 e. The number of hydrogen-bond donors (Lipinski definition) is 1. The summed E-state index contributed by atoms with van der Waals surface area (Å²) in [6, 6.07) is 0.264. The van der Waals surface area contributed by atoms with Gasteiger partial charge < -0.3 is 9.59 Å². The first-order chi connectivity index (χ1) is 5.43. The lowest BCUT2D eigenvalue weighted by molar-refractivity contribution is -0.772. The molecule has 1 saturated heterocycles. The van der Waals surface area contributed by atoms with E-state index >= 15 is 0 Å². The van der Waals surface area contributed by atoms with Crippen molar-refractivity contribution in [1.82, 2.24) is 0 Å². The van der Waals surface area contributed by atoms with E-state index in [9.17, 15) is 9.67 Å². The number of hydrogen-bond acceptors (Lipinski definition) is 3. The highest BCUT2D eigenvalue weighted by molar-refractivity contribution is 7.38. The van der Waals surface area contributed by atoms with E-state index in [2.05, 4.69) is 14.1 Å². The second-order valence-corrected chi connectivity index (χ2v) is 4.97. The largest absolute Gasteiger partial charge is 0.504 e. The van der Waals surface area contributed by atoms with E-state index in [0.29, 0.717) is 0 Å². The standard InChI is InChI=1S/C7H16NO3P.CH4/c1-8(2)4-6(8)7(9)5-11-12(3)10;/h6-7,9H,4-5H2,1-3H3;1H4/q+2;. The zero-order chi connectivity index (χ0) is 9.35. The molecule has 0 aliphatic carbocycles. The molecule has 1 aliphatic rings. The predicted octanol–water partition coefficient (Wildman–Crippen LogP) is 0.831. The Kier molecular flexibility index (Phi) is 4.46. The zero-order valence-corrected chi connectivity index (χ0v) is 8.62. The molecule has 13 heavy (non-hydrogen) atoms. The van der Waals surface area contributed by atoms with Crippen LogP contribution in [0.25, 0.3) is 0 Å². The van der Waals surface area contributed by atoms with Crippen molar-refractivity contribution in [2.75, 3.05) is 33.9 Å². The highest BCUT2D eigenvalue weighted by Crippen LogP contribution is 2.28. The maximum absolute atomic E-state index is 10.6. The van der Waals surface area contributed by atoms with Crippen molar-refractivity contribution < 1.29 is 18.7 Å². The summed E-state index contributed by atoms with van der Waals surface area (Å²) in [5.41, 5.74) is 0. The fraction of sp³-hybridized carbons (Fsp3) is 1.00. The smallest absolute Gasteiger partial charge is 0.384 e. The van der Waals surface area contributed by atoms with Crippen LogP contribution in [0.4, 0.5) is 0 Å². The SMILES string of the molecule is C.C[P+](=O)OCC(O)C1C[N+]1(C)C. The van der Waals surface area contributed by atoms with Gasteiger partial charge in [0.15, 0.2) is 12.7 Å². The molecule has 1 aliphatic heterocycles. The Hall–Kier alpha value is -0.0200. The van der Waals surface area contributed by atoms with E-state index in [1.54, 1.807) is 0 Å². The quantitative estimate of drug-likeness (QED) is 0.424. The highest BCUT2D eigenvalue weighted by atomic mass is 31.1. The van der Waals surface area contributed by atoms with Crippen LogP contribution in [0.15, 0.2) is 0 Å². The molecule has 1 heterocycles. The number of rotatable bonds is 4. The molecule has 0 saturated carbocycles. The maximum atomic E-state index is 10.6. The Morgan fingerprint density at radius 2 is 2.15 bits per heavy atom. The van der Waals surface area contributed by atoms with Gasteiger partial charge in [-0.1, -0.05) is 7.43 Å². The Morgan fingerprint density at radius 1 is 1.69 bits per heavy atom. The summed E-state index contributed by atoms with van der Waals surface area (Å²) in [5.74, 6) is 0. The van der Waals surface area contributed by atoms with Crippen LogP contribution in [0.3, 0.4) is 0 Å². The monoisotopic (exact) mass is 209 g/mol. The average Bonchev–Trinajstić information content (AvgIpc) is 2.55. The molecule has 1 fully saturated rings. The normalized spacial score (nSPS) is 27.4. The topological polar surface area (TPSA) is 46.5 Å². The first-order valence-corrected chi connectivity index (χ1v) is 5.60. The van der Waals surface area contributed by atoms with Gasteiger partial charge in [-0.15, -0.1) is 4.52 Å². The molecule has 4 nitrogen and oxygen atoms in total. The first kappa shape index (κ1) is 13.0. The molecule has 0 amide bonds. The highest BCUT2D eigenvalue weighted by Gasteiger charge is 2.52. The van der Waals surface area contributed by atoms with Crippen LogP contribution in [0, 0.1) is 0 Å². The van der Waals surface area contributed by atoms with Crippen LogP contribution in [0.1, 0.15) is 7.43 Å². The Balaban J connectivity index is 0.00000144. The number of aliphatic hydroxyl groups is 1. The molecular weight excluding hydrogens is 189 g/mol. The summed E-state index contributed by atoms with van der Waals surface area (Å²) in [6.45, 7) is 2.66. The van der Waals surface area contributed by atoms with Gasteiger partial charge in [0.05, 0.1) is 14.1 Å². The lowest BCUT2D eigenvalue weighted by Gasteiger charge is -2.08. The molecular formula is C8H20NO3P+2. The van der Waals surface area contributed by atoms with Gasteiger partial charge in [0, 0.05) is 0 Å². The third-order valence-electron chi connectivity index (χ3n) is 2.29. The minimum absolute atomic E-state index is 0. The second kappa shape index (κ2) is 4.47. The maximum Gasteiger partial charge on any atom is 0.504 e. The number of likely N-dealkylation sites (N-methyl/N-ethyl adjacent to an activating group) is 1. The molecule has 1 rings (SSSR count). The van der Waals surface area contributed by atoms with Crippen LogP contribution in [-0.2, 0) is 9.09 Å². The molecule has 0 aromatic rings. The molecule has 78 valence electrons. The molecule has 0 aromatic carbocycles. The van der Waals surface area contributed by atoms with Gasteiger partial charge in [0.25, 0.3) is 0 Å². The van der Waals surface area contributed by atoms with Gasteiger partial charge in [-0.3, -0.25) is 0 Å². The van der Waals surface area contributed by atoms with E-state index in [0.717, 1.165) is 11.0 Å². The van der Waals surface area contributed by atoms with Crippen molar-refractivity contribution in [3.8, 4) is 0 Å². The summed E-state index contributed by atoms with van der Waals surface area (Å²) in [7, 11) is 2.53. The van der Waals surface area contributed by atoms with Crippen molar-refractivity contribution in [3.63, 3.8) is 0 Å². The molecule has 5 heteroatoms. The van der Waals surface area contributed by atoms with Gasteiger partial charge >= 0.3 is 8.03 Å². The Labute approximate surface area is 81.0 Å². The summed E-state index contributed by atoms with van der Waals surface area (Å²) < 4.78 is 16.2. The first-order valence-electron chi connectivity index (χ1n) is 3.98. The lowest BCUT2D eigenvalue weighted by Crippen LogP contribution is -2.29. The molecule has 0 bridgehead atoms. The summed E-state index contributed by atoms with van der Waals surface area (Å²) >= 11 is 0. The summed E-state index contributed by atoms with van der Waals surface area (Å²) in [6.07, 6.45) is -0.473. The third kappa shape index (κ3) is 3.69. The number of aliphatic hydroxyl groups excluding tert-OH is 1. The zero-order valence-electron chi connectivity index (χ0n) is 7.73. The summed E-state index contributed by atoms with van der Waals surface area (Å²) in [5, 5.41) is 9.50. The average molecular weight is 209 g/mol. The van der Waals surface area contributed by atoms with Crippen LogP contribution in [0.2, 0.25) is 0 Å². The van der Waals surface area contributed by atoms with Crippen molar-refractivity contribution >= 4 is 8.03 Å². The summed E-state index contributed by atoms with van der Waals surface area (Å²) in [4.78, 5) is 0. The molecule has 0 aromatic heterocycles. The van der Waals surface area contributed by atoms with Gasteiger partial charge in [-0.2, -0.15) is 0 Å². The molecule has 1 N–H and O–H groups in total. The van der Waals surface area contributed by atoms with E-state index in [1.165, 1.54) is 6.66 Å². The molecule has 0 spiro atoms. The van der Waals surface area contributed by atoms with Crippen molar-refractivity contribution in [1.29, 1.82) is 0 Å². The number of quaternary nitrogens is 1. The van der Waals surface area contributed by atoms with Crippen LogP contribution in [-0.4, -0.2) is 55.6 Å². The minimum atomic E-state index is -1.58. The van der Waals surface area contributed by atoms with Crippen molar-refractivity contribution in [2.24, 2.45) is 0 Å². The van der Waals surface area contributed by atoms with Gasteiger partial charge in [-0.25, -0.2) is 0 Å². The second-order valence-electron chi connectivity index (χ2n) is 3.83. The van der Waals surface area contributed by atoms with E-state index in [4.69, 9.17) is 4.52 Å². The number of nitrogens with zero attached hydrogens (tertiary/aromatic N) is 1. The van der Waals surface area contributed by atoms with Gasteiger partial charge in [0.1, 0.15) is 19.3 Å². The van der Waals surface area contributed by atoms with Crippen LogP contribution in [0.5, 0.6) is 0 Å². The van der Waals surface area contributed by atoms with Gasteiger partial charge in [0.2, 0.25) is 0 Å². The predicted molar refractivity (Wildman–Crippen MR) is 53.0 cm³/mol. The van der Waals surface area contributed by atoms with E-state index < -0.39 is 14.1 Å². The Bertz CT molecular complexity index is 196. The third-order valence-corrected chi connectivity index (χ3v) is 2.81. The molecule has 3 atom stereocenters. The van der Waals surface area contributed by atoms with Crippen molar-refractivity contribution in [3.05, 3.63) is 0 Å². The lowest BCUT2D eigenvalue weighted by atomic mass is 10.3. The molecule has 3 unspecified atom stereocenters. The Morgan fingerprint density at radius 3 is 2.46 bits per heavy atom. The van der Waals surface area contributed by atoms with Crippen LogP contribution < -0.4 is 0 Å². The molecule has 0 radical (unpaired) electrons. The fourth-order valence-electron chi connectivity index (χ4n) is 1.31. The van der Waals surface area contributed by atoms with Gasteiger partial charge in [-0.05, 0) is 4.57 Å². The van der Waals surface area contributed by atoms with E-state index in [1.807, 2.05) is 0 Å². The fourth-order valence-corrected chi connectivity index (χ4v) is 1.68. The van der Waals surface area contributed by atoms with E-state index in [-0.39, 0.29) is 20.1 Å². The van der Waals surface area contributed by atoms with Crippen molar-refractivity contribution in [2.45, 2.75) is 19.6 Å².